The Bertz CT molecular complexity index is 710. The number of carbonyl (C=O) groups is 1. The lowest BCUT2D eigenvalue weighted by Crippen LogP contribution is -2.38. The van der Waals surface area contributed by atoms with Gasteiger partial charge >= 0.3 is 6.18 Å². The van der Waals surface area contributed by atoms with Crippen molar-refractivity contribution in [3.8, 4) is 0 Å². The molecule has 1 N–H and O–H groups in total. The number of hydrogen-bond donors (Lipinski definition) is 1. The molecule has 0 bridgehead atoms. The smallest absolute Gasteiger partial charge is 0.348 e. The highest BCUT2D eigenvalue weighted by atomic mass is 35.5. The van der Waals surface area contributed by atoms with Crippen LogP contribution in [-0.4, -0.2) is 16.5 Å². The number of rotatable bonds is 4. The Kier molecular flexibility index (Phi) is 5.74. The molecular weight excluding hydrogens is 345 g/mol. The molecule has 2 rings (SSSR count). The Morgan fingerprint density at radius 1 is 1.42 bits per heavy atom. The van der Waals surface area contributed by atoms with E-state index in [4.69, 9.17) is 11.6 Å². The van der Waals surface area contributed by atoms with Gasteiger partial charge in [-0.05, 0) is 38.7 Å². The first-order valence-corrected chi connectivity index (χ1v) is 8.01. The monoisotopic (exact) mass is 362 g/mol. The number of carbonyl (C=O) groups excluding carboxylic acids is 1. The van der Waals surface area contributed by atoms with Crippen LogP contribution in [0.2, 0.25) is 5.02 Å². The van der Waals surface area contributed by atoms with E-state index in [1.807, 2.05) is 6.92 Å². The van der Waals surface area contributed by atoms with E-state index in [0.29, 0.717) is 16.8 Å². The summed E-state index contributed by atoms with van der Waals surface area (Å²) in [7, 11) is 0. The normalized spacial score (nSPS) is 16.5. The molecule has 1 aliphatic carbocycles. The minimum Gasteiger partial charge on any atom is -0.348 e. The minimum atomic E-state index is -4.64. The summed E-state index contributed by atoms with van der Waals surface area (Å²) in [6, 6.07) is 0.350. The van der Waals surface area contributed by atoms with Gasteiger partial charge in [0.2, 0.25) is 5.91 Å². The molecule has 8 heteroatoms. The summed E-state index contributed by atoms with van der Waals surface area (Å²) in [5.74, 6) is -0.536. The van der Waals surface area contributed by atoms with E-state index in [2.05, 4.69) is 11.4 Å². The highest BCUT2D eigenvalue weighted by Crippen LogP contribution is 2.29. The van der Waals surface area contributed by atoms with Crippen LogP contribution < -0.4 is 10.9 Å². The van der Waals surface area contributed by atoms with Crippen LogP contribution in [0.3, 0.4) is 0 Å². The van der Waals surface area contributed by atoms with Gasteiger partial charge in [-0.25, -0.2) is 0 Å². The van der Waals surface area contributed by atoms with E-state index in [1.165, 1.54) is 0 Å². The molecule has 0 aliphatic heterocycles. The topological polar surface area (TPSA) is 51.1 Å². The predicted octanol–water partition coefficient (Wildman–Crippen LogP) is 3.53. The molecule has 1 aromatic rings. The first-order valence-electron chi connectivity index (χ1n) is 7.64. The number of nitrogens with zero attached hydrogens (tertiary/aromatic N) is 1. The van der Waals surface area contributed by atoms with Gasteiger partial charge in [-0.15, -0.1) is 0 Å². The van der Waals surface area contributed by atoms with Crippen molar-refractivity contribution in [2.75, 3.05) is 0 Å². The molecule has 1 amide bonds. The number of alkyl halides is 3. The standard InChI is InChI=1S/C16H18ClF3N2O2/c1-10(11-5-3-2-4-6-11)21-14(23)9-22-8-12(16(18,19)20)7-13(17)15(22)24/h5,7-8,10H,2-4,6,9H2,1H3,(H,21,23)/t10-/m0/s1. The van der Waals surface area contributed by atoms with Crippen molar-refractivity contribution in [2.45, 2.75) is 51.4 Å². The molecule has 1 heterocycles. The van der Waals surface area contributed by atoms with Crippen LogP contribution in [0, 0.1) is 0 Å². The zero-order chi connectivity index (χ0) is 17.9. The van der Waals surface area contributed by atoms with E-state index in [9.17, 15) is 22.8 Å². The van der Waals surface area contributed by atoms with Crippen molar-refractivity contribution in [2.24, 2.45) is 0 Å². The Balaban J connectivity index is 2.12. The molecule has 24 heavy (non-hydrogen) atoms. The van der Waals surface area contributed by atoms with Gasteiger partial charge in [0, 0.05) is 12.2 Å². The van der Waals surface area contributed by atoms with Gasteiger partial charge in [0.15, 0.2) is 0 Å². The summed E-state index contributed by atoms with van der Waals surface area (Å²) in [6.45, 7) is 1.30. The maximum atomic E-state index is 12.8. The Morgan fingerprint density at radius 3 is 2.71 bits per heavy atom. The fourth-order valence-electron chi connectivity index (χ4n) is 2.66. The summed E-state index contributed by atoms with van der Waals surface area (Å²) in [5.41, 5.74) is -0.795. The quantitative estimate of drug-likeness (QED) is 0.833. The van der Waals surface area contributed by atoms with Crippen molar-refractivity contribution < 1.29 is 18.0 Å². The van der Waals surface area contributed by atoms with Crippen LogP contribution in [0.1, 0.15) is 38.2 Å². The molecule has 1 aromatic heterocycles. The van der Waals surface area contributed by atoms with Crippen molar-refractivity contribution in [3.63, 3.8) is 0 Å². The largest absolute Gasteiger partial charge is 0.417 e. The van der Waals surface area contributed by atoms with Crippen molar-refractivity contribution >= 4 is 17.5 Å². The molecule has 0 radical (unpaired) electrons. The fraction of sp³-hybridized carbons (Fsp3) is 0.500. The molecule has 0 aromatic carbocycles. The van der Waals surface area contributed by atoms with Crippen molar-refractivity contribution in [1.82, 2.24) is 9.88 Å². The number of halogens is 4. The van der Waals surface area contributed by atoms with Gasteiger partial charge in [0.05, 0.1) is 5.56 Å². The van der Waals surface area contributed by atoms with Gasteiger partial charge in [0.1, 0.15) is 11.6 Å². The third-order valence-electron chi connectivity index (χ3n) is 3.94. The maximum Gasteiger partial charge on any atom is 0.417 e. The summed E-state index contributed by atoms with van der Waals surface area (Å²) in [5, 5.41) is 2.14. The van der Waals surface area contributed by atoms with Crippen molar-refractivity contribution in [1.29, 1.82) is 0 Å². The van der Waals surface area contributed by atoms with Gasteiger partial charge < -0.3 is 9.88 Å². The molecule has 0 saturated carbocycles. The van der Waals surface area contributed by atoms with Gasteiger partial charge in [-0.3, -0.25) is 9.59 Å². The van der Waals surface area contributed by atoms with E-state index in [1.54, 1.807) is 0 Å². The zero-order valence-corrected chi connectivity index (χ0v) is 13.9. The number of amides is 1. The van der Waals surface area contributed by atoms with Crippen LogP contribution in [0.5, 0.6) is 0 Å². The number of allylic oxidation sites excluding steroid dienone is 1. The van der Waals surface area contributed by atoms with Crippen LogP contribution in [-0.2, 0) is 17.5 Å². The Hall–Kier alpha value is -1.76. The highest BCUT2D eigenvalue weighted by Gasteiger charge is 2.32. The molecule has 132 valence electrons. The van der Waals surface area contributed by atoms with E-state index in [-0.39, 0.29) is 6.04 Å². The zero-order valence-electron chi connectivity index (χ0n) is 13.1. The SMILES string of the molecule is C[C@H](NC(=O)Cn1cc(C(F)(F)F)cc(Cl)c1=O)C1=CCCCC1. The molecule has 0 fully saturated rings. The summed E-state index contributed by atoms with van der Waals surface area (Å²) < 4.78 is 39.0. The average Bonchev–Trinajstić information content (AvgIpc) is 2.51. The minimum absolute atomic E-state index is 0.213. The third-order valence-corrected chi connectivity index (χ3v) is 4.21. The van der Waals surface area contributed by atoms with Crippen LogP contribution >= 0.6 is 11.6 Å². The molecule has 1 aliphatic rings. The van der Waals surface area contributed by atoms with Gasteiger partial charge in [-0.1, -0.05) is 23.3 Å². The second-order valence-corrected chi connectivity index (χ2v) is 6.23. The van der Waals surface area contributed by atoms with Crippen molar-refractivity contribution in [3.05, 3.63) is 44.9 Å². The number of hydrogen-bond acceptors (Lipinski definition) is 2. The fourth-order valence-corrected chi connectivity index (χ4v) is 2.89. The number of aromatic nitrogens is 1. The second-order valence-electron chi connectivity index (χ2n) is 5.82. The van der Waals surface area contributed by atoms with Crippen LogP contribution in [0.25, 0.3) is 0 Å². The van der Waals surface area contributed by atoms with E-state index < -0.39 is 34.8 Å². The van der Waals surface area contributed by atoms with Crippen LogP contribution in [0.15, 0.2) is 28.7 Å². The Labute approximate surface area is 142 Å². The molecule has 4 nitrogen and oxygen atoms in total. The van der Waals surface area contributed by atoms with Gasteiger partial charge in [-0.2, -0.15) is 13.2 Å². The molecule has 0 saturated heterocycles. The first kappa shape index (κ1) is 18.6. The molecule has 0 spiro atoms. The number of nitrogens with one attached hydrogen (secondary N) is 1. The molecule has 1 atom stereocenters. The molecule has 0 unspecified atom stereocenters. The third kappa shape index (κ3) is 4.63. The average molecular weight is 363 g/mol. The molecular formula is C16H18ClF3N2O2. The highest BCUT2D eigenvalue weighted by molar-refractivity contribution is 6.30. The second kappa shape index (κ2) is 7.42. The summed E-state index contributed by atoms with van der Waals surface area (Å²) in [6.07, 6.45) is 2.04. The summed E-state index contributed by atoms with van der Waals surface area (Å²) >= 11 is 5.56. The number of pyridine rings is 1. The lowest BCUT2D eigenvalue weighted by Gasteiger charge is -2.21. The maximum absolute atomic E-state index is 12.8. The predicted molar refractivity (Wildman–Crippen MR) is 84.9 cm³/mol. The lowest BCUT2D eigenvalue weighted by atomic mass is 9.95. The van der Waals surface area contributed by atoms with Crippen LogP contribution in [0.4, 0.5) is 13.2 Å². The van der Waals surface area contributed by atoms with Gasteiger partial charge in [0.25, 0.3) is 5.56 Å². The summed E-state index contributed by atoms with van der Waals surface area (Å²) in [4.78, 5) is 23.9. The Morgan fingerprint density at radius 2 is 2.12 bits per heavy atom. The van der Waals surface area contributed by atoms with E-state index >= 15 is 0 Å². The lowest BCUT2D eigenvalue weighted by molar-refractivity contribution is -0.138. The van der Waals surface area contributed by atoms with E-state index in [0.717, 1.165) is 31.3 Å². The first-order chi connectivity index (χ1) is 11.2.